The fourth-order valence-electron chi connectivity index (χ4n) is 1.91. The number of aromatic nitrogens is 5. The highest BCUT2D eigenvalue weighted by molar-refractivity contribution is 5.64. The molecule has 1 aromatic heterocycles. The third kappa shape index (κ3) is 1.52. The second kappa shape index (κ2) is 3.80. The lowest BCUT2D eigenvalue weighted by Crippen LogP contribution is -2.10. The van der Waals surface area contributed by atoms with E-state index in [0.717, 1.165) is 17.0 Å². The second-order valence-electron chi connectivity index (χ2n) is 4.11. The Morgan fingerprint density at radius 1 is 1.28 bits per heavy atom. The molecule has 0 radical (unpaired) electrons. The zero-order valence-corrected chi connectivity index (χ0v) is 10.1. The molecule has 7 nitrogen and oxygen atoms in total. The van der Waals surface area contributed by atoms with E-state index in [2.05, 4.69) is 20.1 Å². The van der Waals surface area contributed by atoms with E-state index in [-0.39, 0.29) is 0 Å². The van der Waals surface area contributed by atoms with Gasteiger partial charge in [-0.2, -0.15) is 0 Å². The number of nitrogens with two attached hydrogens (primary N) is 1. The van der Waals surface area contributed by atoms with Gasteiger partial charge in [0.25, 0.3) is 0 Å². The third-order valence-electron chi connectivity index (χ3n) is 2.94. The molecule has 3 heterocycles. The van der Waals surface area contributed by atoms with Crippen LogP contribution in [0.3, 0.4) is 0 Å². The summed E-state index contributed by atoms with van der Waals surface area (Å²) in [6.45, 7) is 4.38. The lowest BCUT2D eigenvalue weighted by molar-refractivity contribution is 0.392. The Bertz CT molecular complexity index is 651. The van der Waals surface area contributed by atoms with Gasteiger partial charge in [0.2, 0.25) is 0 Å². The normalized spacial score (nSPS) is 11.2. The van der Waals surface area contributed by atoms with Crippen molar-refractivity contribution in [2.24, 2.45) is 0 Å². The summed E-state index contributed by atoms with van der Waals surface area (Å²) in [5.74, 6) is 1.89. The minimum atomic E-state index is 0.387. The standard InChI is InChI=1S/C11H12N6O/c1-6-8(7(2)18-16-6)3-17-5-15-10(12)9-11(17)14-4-13-9/h4-5H,3,12H2,1-2H3. The molecule has 0 bridgehead atoms. The van der Waals surface area contributed by atoms with E-state index in [9.17, 15) is 0 Å². The molecule has 0 amide bonds. The van der Waals surface area contributed by atoms with E-state index >= 15 is 0 Å². The van der Waals surface area contributed by atoms with E-state index in [0.29, 0.717) is 23.9 Å². The number of fused-ring (bicyclic) bond motifs is 1. The molecule has 0 unspecified atom stereocenters. The average molecular weight is 244 g/mol. The maximum absolute atomic E-state index is 5.74. The first kappa shape index (κ1) is 10.7. The Kier molecular flexibility index (Phi) is 2.26. The molecule has 0 saturated heterocycles. The van der Waals surface area contributed by atoms with Gasteiger partial charge in [-0.05, 0) is 13.8 Å². The molecule has 0 spiro atoms. The van der Waals surface area contributed by atoms with E-state index in [1.807, 2.05) is 18.4 Å². The van der Waals surface area contributed by atoms with Crippen LogP contribution < -0.4 is 5.73 Å². The SMILES string of the molecule is Cc1noc(C)c1Cn1cnc(N)c2ncnc1-2. The Balaban J connectivity index is 2.06. The predicted molar refractivity (Wildman–Crippen MR) is 63.9 cm³/mol. The molecule has 3 rings (SSSR count). The average Bonchev–Trinajstić information content (AvgIpc) is 2.94. The summed E-state index contributed by atoms with van der Waals surface area (Å²) in [5.41, 5.74) is 8.25. The largest absolute Gasteiger partial charge is 0.382 e. The van der Waals surface area contributed by atoms with Crippen LogP contribution in [0.1, 0.15) is 17.0 Å². The minimum absolute atomic E-state index is 0.387. The smallest absolute Gasteiger partial charge is 0.165 e. The van der Waals surface area contributed by atoms with Gasteiger partial charge in [0.15, 0.2) is 11.6 Å². The van der Waals surface area contributed by atoms with Crippen LogP contribution in [0.2, 0.25) is 0 Å². The summed E-state index contributed by atoms with van der Waals surface area (Å²) < 4.78 is 7.02. The maximum Gasteiger partial charge on any atom is 0.165 e. The second-order valence-corrected chi connectivity index (χ2v) is 4.11. The first-order chi connectivity index (χ1) is 8.66. The van der Waals surface area contributed by atoms with Crippen molar-refractivity contribution >= 4 is 5.82 Å². The number of aryl methyl sites for hydroxylation is 2. The number of hydrogen-bond acceptors (Lipinski definition) is 6. The number of anilines is 1. The molecular formula is C11H12N6O. The zero-order chi connectivity index (χ0) is 12.7. The summed E-state index contributed by atoms with van der Waals surface area (Å²) in [6, 6.07) is 0. The highest BCUT2D eigenvalue weighted by Gasteiger charge is 2.17. The quantitative estimate of drug-likeness (QED) is 0.722. The molecule has 92 valence electrons. The third-order valence-corrected chi connectivity index (χ3v) is 2.94. The maximum atomic E-state index is 5.74. The molecule has 0 fully saturated rings. The first-order valence-electron chi connectivity index (χ1n) is 5.50. The van der Waals surface area contributed by atoms with Crippen LogP contribution in [0.15, 0.2) is 17.2 Å². The number of rotatable bonds is 2. The fourth-order valence-corrected chi connectivity index (χ4v) is 1.91. The summed E-state index contributed by atoms with van der Waals surface area (Å²) in [4.78, 5) is 12.4. The Morgan fingerprint density at radius 2 is 2.11 bits per heavy atom. The van der Waals surface area contributed by atoms with Crippen molar-refractivity contribution in [3.8, 4) is 11.5 Å². The molecule has 2 aliphatic rings. The van der Waals surface area contributed by atoms with Crippen molar-refractivity contribution in [2.75, 3.05) is 5.73 Å². The van der Waals surface area contributed by atoms with E-state index < -0.39 is 0 Å². The number of nitrogens with zero attached hydrogens (tertiary/aromatic N) is 5. The Hall–Kier alpha value is -2.44. The van der Waals surface area contributed by atoms with Gasteiger partial charge in [0, 0.05) is 5.56 Å². The van der Waals surface area contributed by atoms with Crippen molar-refractivity contribution in [3.63, 3.8) is 0 Å². The van der Waals surface area contributed by atoms with Crippen LogP contribution in [-0.2, 0) is 6.54 Å². The lowest BCUT2D eigenvalue weighted by Gasteiger charge is -2.10. The monoisotopic (exact) mass is 244 g/mol. The van der Waals surface area contributed by atoms with Gasteiger partial charge in [-0.1, -0.05) is 5.16 Å². The van der Waals surface area contributed by atoms with Crippen molar-refractivity contribution in [2.45, 2.75) is 20.4 Å². The molecule has 0 atom stereocenters. The summed E-state index contributed by atoms with van der Waals surface area (Å²) >= 11 is 0. The van der Waals surface area contributed by atoms with Crippen LogP contribution in [0.25, 0.3) is 11.5 Å². The van der Waals surface area contributed by atoms with Gasteiger partial charge >= 0.3 is 0 Å². The molecule has 18 heavy (non-hydrogen) atoms. The van der Waals surface area contributed by atoms with Crippen LogP contribution in [0.4, 0.5) is 5.82 Å². The van der Waals surface area contributed by atoms with Crippen LogP contribution in [0, 0.1) is 13.8 Å². The van der Waals surface area contributed by atoms with Gasteiger partial charge in [-0.15, -0.1) is 0 Å². The summed E-state index contributed by atoms with van der Waals surface area (Å²) in [6.07, 6.45) is 3.13. The lowest BCUT2D eigenvalue weighted by atomic mass is 10.2. The highest BCUT2D eigenvalue weighted by atomic mass is 16.5. The van der Waals surface area contributed by atoms with Crippen LogP contribution >= 0.6 is 0 Å². The molecular weight excluding hydrogens is 232 g/mol. The molecule has 0 saturated carbocycles. The predicted octanol–water partition coefficient (Wildman–Crippen LogP) is 1.01. The van der Waals surface area contributed by atoms with Gasteiger partial charge in [-0.25, -0.2) is 15.0 Å². The van der Waals surface area contributed by atoms with Crippen molar-refractivity contribution in [1.82, 2.24) is 24.7 Å². The van der Waals surface area contributed by atoms with Gasteiger partial charge < -0.3 is 14.8 Å². The van der Waals surface area contributed by atoms with Crippen molar-refractivity contribution in [3.05, 3.63) is 29.7 Å². The number of imidazole rings is 1. The minimum Gasteiger partial charge on any atom is -0.382 e. The molecule has 1 aromatic rings. The topological polar surface area (TPSA) is 95.7 Å². The van der Waals surface area contributed by atoms with E-state index in [1.54, 1.807) is 6.33 Å². The summed E-state index contributed by atoms with van der Waals surface area (Å²) in [5, 5.41) is 3.93. The summed E-state index contributed by atoms with van der Waals surface area (Å²) in [7, 11) is 0. The number of nitrogen functional groups attached to an aromatic ring is 1. The Labute approximate surface area is 103 Å². The molecule has 0 aromatic carbocycles. The van der Waals surface area contributed by atoms with Crippen molar-refractivity contribution < 1.29 is 4.52 Å². The zero-order valence-electron chi connectivity index (χ0n) is 10.1. The fraction of sp³-hybridized carbons (Fsp3) is 0.273. The van der Waals surface area contributed by atoms with Crippen LogP contribution in [0.5, 0.6) is 0 Å². The van der Waals surface area contributed by atoms with Gasteiger partial charge in [0.1, 0.15) is 17.8 Å². The van der Waals surface area contributed by atoms with Gasteiger partial charge in [0.05, 0.1) is 18.6 Å². The first-order valence-corrected chi connectivity index (χ1v) is 5.50. The molecule has 2 N–H and O–H groups in total. The number of hydrogen-bond donors (Lipinski definition) is 1. The van der Waals surface area contributed by atoms with Crippen molar-refractivity contribution in [1.29, 1.82) is 0 Å². The van der Waals surface area contributed by atoms with E-state index in [4.69, 9.17) is 10.3 Å². The molecule has 2 aliphatic heterocycles. The van der Waals surface area contributed by atoms with Crippen LogP contribution in [-0.4, -0.2) is 24.7 Å². The van der Waals surface area contributed by atoms with Gasteiger partial charge in [-0.3, -0.25) is 0 Å². The Morgan fingerprint density at radius 3 is 2.83 bits per heavy atom. The molecule has 7 heteroatoms. The highest BCUT2D eigenvalue weighted by Crippen LogP contribution is 2.23. The van der Waals surface area contributed by atoms with E-state index in [1.165, 1.54) is 6.33 Å². The molecule has 0 aliphatic carbocycles.